The Balaban J connectivity index is 1.53. The zero-order valence-electron chi connectivity index (χ0n) is 14.2. The topological polar surface area (TPSA) is 95.9 Å². The Labute approximate surface area is 147 Å². The van der Waals surface area contributed by atoms with Crippen LogP contribution in [0, 0.1) is 5.41 Å². The molecule has 2 unspecified atom stereocenters. The lowest BCUT2D eigenvalue weighted by molar-refractivity contribution is -0.157. The van der Waals surface area contributed by atoms with Crippen molar-refractivity contribution in [2.75, 3.05) is 5.32 Å². The van der Waals surface area contributed by atoms with E-state index in [0.717, 1.165) is 32.1 Å². The molecule has 0 saturated heterocycles. The molecule has 136 valence electrons. The predicted octanol–water partition coefficient (Wildman–Crippen LogP) is 2.95. The van der Waals surface area contributed by atoms with Crippen molar-refractivity contribution < 1.29 is 24.5 Å². The molecular weight excluding hydrogens is 322 g/mol. The van der Waals surface area contributed by atoms with Gasteiger partial charge in [0.2, 0.25) is 5.91 Å². The van der Waals surface area contributed by atoms with Gasteiger partial charge >= 0.3 is 5.97 Å². The second kappa shape index (κ2) is 7.44. The highest BCUT2D eigenvalue weighted by Crippen LogP contribution is 2.44. The summed E-state index contributed by atoms with van der Waals surface area (Å²) in [6, 6.07) is 6.98. The van der Waals surface area contributed by atoms with Crippen LogP contribution in [0.1, 0.15) is 51.4 Å². The van der Waals surface area contributed by atoms with Gasteiger partial charge in [-0.05, 0) is 56.4 Å². The number of amides is 1. The summed E-state index contributed by atoms with van der Waals surface area (Å²) in [6.07, 6.45) is 5.09. The van der Waals surface area contributed by atoms with Gasteiger partial charge in [-0.15, -0.1) is 0 Å². The van der Waals surface area contributed by atoms with E-state index in [1.807, 2.05) is 0 Å². The smallest absolute Gasteiger partial charge is 0.310 e. The van der Waals surface area contributed by atoms with Gasteiger partial charge in [0.1, 0.15) is 11.9 Å². The zero-order valence-corrected chi connectivity index (χ0v) is 14.2. The van der Waals surface area contributed by atoms with Gasteiger partial charge in [-0.25, -0.2) is 0 Å². The minimum Gasteiger partial charge on any atom is -0.488 e. The highest BCUT2D eigenvalue weighted by atomic mass is 16.5. The maximum absolute atomic E-state index is 12.1. The van der Waals surface area contributed by atoms with Crippen LogP contribution in [-0.2, 0) is 9.59 Å². The predicted molar refractivity (Wildman–Crippen MR) is 92.5 cm³/mol. The molecule has 1 amide bonds. The summed E-state index contributed by atoms with van der Waals surface area (Å²) in [6.45, 7) is 0. The summed E-state index contributed by atoms with van der Waals surface area (Å²) in [4.78, 5) is 23.5. The molecule has 6 heteroatoms. The average molecular weight is 347 g/mol. The number of carbonyl (C=O) groups is 2. The van der Waals surface area contributed by atoms with E-state index < -0.39 is 17.5 Å². The van der Waals surface area contributed by atoms with Crippen LogP contribution < -0.4 is 10.1 Å². The van der Waals surface area contributed by atoms with Crippen molar-refractivity contribution in [3.63, 3.8) is 0 Å². The molecule has 6 nitrogen and oxygen atoms in total. The van der Waals surface area contributed by atoms with Crippen molar-refractivity contribution in [2.24, 2.45) is 5.41 Å². The summed E-state index contributed by atoms with van der Waals surface area (Å²) >= 11 is 0. The largest absolute Gasteiger partial charge is 0.488 e. The summed E-state index contributed by atoms with van der Waals surface area (Å²) < 4.78 is 5.83. The lowest BCUT2D eigenvalue weighted by Crippen LogP contribution is -2.41. The Hall–Kier alpha value is -2.08. The molecule has 0 aromatic heterocycles. The first kappa shape index (κ1) is 17.7. The molecule has 0 heterocycles. The number of hydrogen-bond donors (Lipinski definition) is 3. The number of carboxylic acid groups (broad SMARTS) is 1. The quantitative estimate of drug-likeness (QED) is 0.735. The molecular formula is C19H25NO5. The van der Waals surface area contributed by atoms with Gasteiger partial charge in [-0.1, -0.05) is 12.8 Å². The number of nitrogens with one attached hydrogen (secondary N) is 1. The number of benzene rings is 1. The van der Waals surface area contributed by atoms with Crippen LogP contribution in [0.25, 0.3) is 0 Å². The van der Waals surface area contributed by atoms with Gasteiger partial charge in [-0.2, -0.15) is 0 Å². The molecule has 2 fully saturated rings. The number of aliphatic carboxylic acids is 1. The number of rotatable bonds is 6. The third-order valence-corrected chi connectivity index (χ3v) is 5.36. The summed E-state index contributed by atoms with van der Waals surface area (Å²) in [5.41, 5.74) is -0.272. The molecule has 0 spiro atoms. The molecule has 2 aliphatic carbocycles. The van der Waals surface area contributed by atoms with Crippen molar-refractivity contribution in [1.82, 2.24) is 0 Å². The first-order valence-electron chi connectivity index (χ1n) is 8.97. The van der Waals surface area contributed by atoms with Gasteiger partial charge in [0.15, 0.2) is 0 Å². The lowest BCUT2D eigenvalue weighted by Gasteiger charge is -2.36. The van der Waals surface area contributed by atoms with Crippen LogP contribution in [0.5, 0.6) is 5.75 Å². The summed E-state index contributed by atoms with van der Waals surface area (Å²) in [7, 11) is 0. The fourth-order valence-electron chi connectivity index (χ4n) is 3.59. The van der Waals surface area contributed by atoms with Crippen LogP contribution in [0.2, 0.25) is 0 Å². The molecule has 0 aliphatic heterocycles. The fraction of sp³-hybridized carbons (Fsp3) is 0.579. The first-order chi connectivity index (χ1) is 12.0. The van der Waals surface area contributed by atoms with E-state index in [4.69, 9.17) is 4.74 Å². The van der Waals surface area contributed by atoms with E-state index >= 15 is 0 Å². The Bertz CT molecular complexity index is 623. The number of aliphatic hydroxyl groups is 1. The van der Waals surface area contributed by atoms with Gasteiger partial charge < -0.3 is 20.3 Å². The number of carboxylic acids is 1. The fourth-order valence-corrected chi connectivity index (χ4v) is 3.59. The standard InChI is InChI=1S/C19H25NO5/c21-15-4-1-2-5-16(15)25-14-8-6-13(7-9-14)20-17(22)12-19(18(23)24)10-3-11-19/h6-9,15-16,21H,1-5,10-12H2,(H,20,22)(H,23,24). The molecule has 1 aromatic rings. The molecule has 0 bridgehead atoms. The van der Waals surface area contributed by atoms with Crippen LogP contribution in [0.3, 0.4) is 0 Å². The van der Waals surface area contributed by atoms with Gasteiger partial charge in [0, 0.05) is 12.1 Å². The highest BCUT2D eigenvalue weighted by Gasteiger charge is 2.45. The molecule has 2 saturated carbocycles. The number of aliphatic hydroxyl groups excluding tert-OH is 1. The molecule has 25 heavy (non-hydrogen) atoms. The molecule has 2 aliphatic rings. The van der Waals surface area contributed by atoms with E-state index in [0.29, 0.717) is 24.3 Å². The van der Waals surface area contributed by atoms with Crippen molar-refractivity contribution in [3.8, 4) is 5.75 Å². The maximum atomic E-state index is 12.1. The normalized spacial score (nSPS) is 24.8. The molecule has 2 atom stereocenters. The first-order valence-corrected chi connectivity index (χ1v) is 8.97. The van der Waals surface area contributed by atoms with Crippen molar-refractivity contribution >= 4 is 17.6 Å². The Kier molecular flexibility index (Phi) is 5.27. The van der Waals surface area contributed by atoms with Crippen LogP contribution in [0.15, 0.2) is 24.3 Å². The van der Waals surface area contributed by atoms with Crippen molar-refractivity contribution in [1.29, 1.82) is 0 Å². The molecule has 1 aromatic carbocycles. The maximum Gasteiger partial charge on any atom is 0.310 e. The monoisotopic (exact) mass is 347 g/mol. The van der Waals surface area contributed by atoms with Crippen LogP contribution in [0.4, 0.5) is 5.69 Å². The molecule has 3 rings (SSSR count). The van der Waals surface area contributed by atoms with Crippen LogP contribution >= 0.6 is 0 Å². The second-order valence-electron chi connectivity index (χ2n) is 7.20. The second-order valence-corrected chi connectivity index (χ2v) is 7.20. The third kappa shape index (κ3) is 4.12. The van der Waals surface area contributed by atoms with E-state index in [2.05, 4.69) is 5.32 Å². The van der Waals surface area contributed by atoms with Gasteiger partial charge in [0.25, 0.3) is 0 Å². The minimum absolute atomic E-state index is 0.00878. The average Bonchev–Trinajstić information content (AvgIpc) is 2.54. The number of ether oxygens (including phenoxy) is 1. The Morgan fingerprint density at radius 3 is 2.36 bits per heavy atom. The van der Waals surface area contributed by atoms with E-state index in [9.17, 15) is 19.8 Å². The Morgan fingerprint density at radius 2 is 1.80 bits per heavy atom. The van der Waals surface area contributed by atoms with Gasteiger partial charge in [0.05, 0.1) is 11.5 Å². The van der Waals surface area contributed by atoms with Gasteiger partial charge in [-0.3, -0.25) is 9.59 Å². The molecule has 0 radical (unpaired) electrons. The Morgan fingerprint density at radius 1 is 1.12 bits per heavy atom. The van der Waals surface area contributed by atoms with E-state index in [-0.39, 0.29) is 18.4 Å². The van der Waals surface area contributed by atoms with Crippen molar-refractivity contribution in [3.05, 3.63) is 24.3 Å². The molecule has 3 N–H and O–H groups in total. The third-order valence-electron chi connectivity index (χ3n) is 5.36. The highest BCUT2D eigenvalue weighted by molar-refractivity contribution is 5.94. The SMILES string of the molecule is O=C(CC1(C(=O)O)CCC1)Nc1ccc(OC2CCCCC2O)cc1. The lowest BCUT2D eigenvalue weighted by atomic mass is 9.66. The number of carbonyl (C=O) groups excluding carboxylic acids is 1. The van der Waals surface area contributed by atoms with E-state index in [1.165, 1.54) is 0 Å². The summed E-state index contributed by atoms with van der Waals surface area (Å²) in [5, 5.41) is 22.0. The van der Waals surface area contributed by atoms with E-state index in [1.54, 1.807) is 24.3 Å². The zero-order chi connectivity index (χ0) is 17.9. The van der Waals surface area contributed by atoms with Crippen LogP contribution in [-0.4, -0.2) is 34.3 Å². The van der Waals surface area contributed by atoms with Crippen molar-refractivity contribution in [2.45, 2.75) is 63.6 Å². The number of hydrogen-bond acceptors (Lipinski definition) is 4. The number of anilines is 1. The minimum atomic E-state index is -0.885. The summed E-state index contributed by atoms with van der Waals surface area (Å²) in [5.74, 6) is -0.507.